The molecule has 0 bridgehead atoms. The largest absolute Gasteiger partial charge is 0.497 e. The van der Waals surface area contributed by atoms with Gasteiger partial charge in [-0.3, -0.25) is 4.79 Å². The van der Waals surface area contributed by atoms with E-state index in [1.807, 2.05) is 6.92 Å². The second kappa shape index (κ2) is 7.98. The number of benzene rings is 1. The van der Waals surface area contributed by atoms with Gasteiger partial charge in [-0.1, -0.05) is 12.1 Å². The molecule has 0 aliphatic heterocycles. The molecule has 0 saturated carbocycles. The van der Waals surface area contributed by atoms with Gasteiger partial charge in [0.05, 0.1) is 14.2 Å². The third kappa shape index (κ3) is 4.87. The van der Waals surface area contributed by atoms with Crippen LogP contribution in [0, 0.1) is 0 Å². The lowest BCUT2D eigenvalue weighted by Gasteiger charge is -2.16. The van der Waals surface area contributed by atoms with Crippen LogP contribution in [0.2, 0.25) is 0 Å². The molecule has 1 rings (SSSR count). The molecule has 0 aromatic heterocycles. The number of hydrogen-bond donors (Lipinski definition) is 3. The maximum absolute atomic E-state index is 12.3. The van der Waals surface area contributed by atoms with E-state index in [-0.39, 0.29) is 24.2 Å². The Labute approximate surface area is 123 Å². The standard InChI is InChI=1S/C14H21N3O4/c1-4-10(7-13(15)17-19)16-14(18)9-5-11(20-2)8-12(6-9)21-3/h5-6,8,10,19H,4,7H2,1-3H3,(H2,15,17)(H,16,18). The Hall–Kier alpha value is -2.44. The van der Waals surface area contributed by atoms with Crippen molar-refractivity contribution in [3.63, 3.8) is 0 Å². The van der Waals surface area contributed by atoms with Crippen molar-refractivity contribution >= 4 is 11.7 Å². The fourth-order valence-corrected chi connectivity index (χ4v) is 1.80. The maximum atomic E-state index is 12.3. The minimum absolute atomic E-state index is 0.0744. The molecule has 0 spiro atoms. The quantitative estimate of drug-likeness (QED) is 0.305. The Kier molecular flexibility index (Phi) is 6.32. The number of ether oxygens (including phenoxy) is 2. The number of nitrogens with one attached hydrogen (secondary N) is 1. The zero-order valence-corrected chi connectivity index (χ0v) is 12.4. The van der Waals surface area contributed by atoms with Gasteiger partial charge in [-0.15, -0.1) is 0 Å². The molecule has 0 aliphatic rings. The van der Waals surface area contributed by atoms with Gasteiger partial charge in [0.25, 0.3) is 5.91 Å². The number of methoxy groups -OCH3 is 2. The Balaban J connectivity index is 2.87. The number of oxime groups is 1. The number of nitrogens with zero attached hydrogens (tertiary/aromatic N) is 1. The predicted octanol–water partition coefficient (Wildman–Crippen LogP) is 1.35. The Morgan fingerprint density at radius 1 is 1.33 bits per heavy atom. The van der Waals surface area contributed by atoms with Crippen molar-refractivity contribution in [3.8, 4) is 11.5 Å². The fourth-order valence-electron chi connectivity index (χ4n) is 1.80. The molecule has 116 valence electrons. The van der Waals surface area contributed by atoms with Gasteiger partial charge < -0.3 is 25.7 Å². The molecule has 0 saturated heterocycles. The zero-order chi connectivity index (χ0) is 15.8. The van der Waals surface area contributed by atoms with E-state index in [0.29, 0.717) is 23.5 Å². The number of nitrogens with two attached hydrogens (primary N) is 1. The van der Waals surface area contributed by atoms with E-state index in [0.717, 1.165) is 0 Å². The summed E-state index contributed by atoms with van der Waals surface area (Å²) in [7, 11) is 3.04. The summed E-state index contributed by atoms with van der Waals surface area (Å²) in [4.78, 5) is 12.3. The van der Waals surface area contributed by atoms with E-state index >= 15 is 0 Å². The summed E-state index contributed by atoms with van der Waals surface area (Å²) in [5.74, 6) is 0.864. The average molecular weight is 295 g/mol. The van der Waals surface area contributed by atoms with Crippen molar-refractivity contribution in [3.05, 3.63) is 23.8 Å². The highest BCUT2D eigenvalue weighted by Gasteiger charge is 2.15. The number of hydrogen-bond acceptors (Lipinski definition) is 5. The van der Waals surface area contributed by atoms with Crippen molar-refractivity contribution in [1.29, 1.82) is 0 Å². The van der Waals surface area contributed by atoms with Crippen LogP contribution in [0.4, 0.5) is 0 Å². The van der Waals surface area contributed by atoms with Crippen LogP contribution >= 0.6 is 0 Å². The third-order valence-electron chi connectivity index (χ3n) is 3.03. The lowest BCUT2D eigenvalue weighted by atomic mass is 10.1. The van der Waals surface area contributed by atoms with E-state index in [4.69, 9.17) is 20.4 Å². The van der Waals surface area contributed by atoms with Gasteiger partial charge in [0.2, 0.25) is 0 Å². The van der Waals surface area contributed by atoms with Gasteiger partial charge in [-0.2, -0.15) is 0 Å². The molecule has 1 atom stereocenters. The van der Waals surface area contributed by atoms with Crippen LogP contribution in [0.1, 0.15) is 30.1 Å². The van der Waals surface area contributed by atoms with Gasteiger partial charge in [0.15, 0.2) is 0 Å². The molecule has 0 heterocycles. The molecule has 0 fully saturated rings. The Bertz CT molecular complexity index is 495. The summed E-state index contributed by atoms with van der Waals surface area (Å²) in [6.07, 6.45) is 0.933. The lowest BCUT2D eigenvalue weighted by molar-refractivity contribution is 0.0936. The topological polar surface area (TPSA) is 106 Å². The number of amidine groups is 1. The average Bonchev–Trinajstić information content (AvgIpc) is 2.52. The maximum Gasteiger partial charge on any atom is 0.251 e. The number of carbonyl (C=O) groups excluding carboxylic acids is 1. The van der Waals surface area contributed by atoms with Crippen LogP contribution in [0.25, 0.3) is 0 Å². The highest BCUT2D eigenvalue weighted by molar-refractivity contribution is 5.95. The molecule has 1 aromatic carbocycles. The molecule has 7 nitrogen and oxygen atoms in total. The number of amides is 1. The summed E-state index contributed by atoms with van der Waals surface area (Å²) in [6, 6.07) is 4.71. The van der Waals surface area contributed by atoms with Gasteiger partial charge >= 0.3 is 0 Å². The van der Waals surface area contributed by atoms with Crippen LogP contribution in [0.15, 0.2) is 23.4 Å². The molecule has 21 heavy (non-hydrogen) atoms. The predicted molar refractivity (Wildman–Crippen MR) is 79.1 cm³/mol. The molecule has 7 heteroatoms. The summed E-state index contributed by atoms with van der Waals surface area (Å²) < 4.78 is 10.3. The van der Waals surface area contributed by atoms with Gasteiger partial charge in [0.1, 0.15) is 17.3 Å². The summed E-state index contributed by atoms with van der Waals surface area (Å²) >= 11 is 0. The first kappa shape index (κ1) is 16.6. The van der Waals surface area contributed by atoms with E-state index in [9.17, 15) is 4.79 Å². The molecule has 0 radical (unpaired) electrons. The SMILES string of the molecule is CCC(CC(N)=NO)NC(=O)c1cc(OC)cc(OC)c1. The monoisotopic (exact) mass is 295 g/mol. The van der Waals surface area contributed by atoms with E-state index in [1.54, 1.807) is 18.2 Å². The van der Waals surface area contributed by atoms with Crippen molar-refractivity contribution in [2.45, 2.75) is 25.8 Å². The van der Waals surface area contributed by atoms with Crippen LogP contribution in [0.5, 0.6) is 11.5 Å². The summed E-state index contributed by atoms with van der Waals surface area (Å²) in [6.45, 7) is 1.90. The second-order valence-electron chi connectivity index (χ2n) is 4.48. The van der Waals surface area contributed by atoms with E-state index in [1.165, 1.54) is 14.2 Å². The van der Waals surface area contributed by atoms with Gasteiger partial charge in [0, 0.05) is 24.1 Å². The first-order chi connectivity index (χ1) is 10.0. The number of rotatable bonds is 7. The van der Waals surface area contributed by atoms with Crippen LogP contribution in [-0.2, 0) is 0 Å². The van der Waals surface area contributed by atoms with Crippen molar-refractivity contribution < 1.29 is 19.5 Å². The molecular formula is C14H21N3O4. The second-order valence-corrected chi connectivity index (χ2v) is 4.48. The third-order valence-corrected chi connectivity index (χ3v) is 3.03. The molecule has 0 aliphatic carbocycles. The normalized spacial score (nSPS) is 12.6. The smallest absolute Gasteiger partial charge is 0.251 e. The highest BCUT2D eigenvalue weighted by atomic mass is 16.5. The highest BCUT2D eigenvalue weighted by Crippen LogP contribution is 2.22. The lowest BCUT2D eigenvalue weighted by Crippen LogP contribution is -2.37. The van der Waals surface area contributed by atoms with Crippen molar-refractivity contribution in [2.24, 2.45) is 10.9 Å². The molecule has 4 N–H and O–H groups in total. The molecule has 1 unspecified atom stereocenters. The van der Waals surface area contributed by atoms with Crippen LogP contribution in [0.3, 0.4) is 0 Å². The van der Waals surface area contributed by atoms with Crippen molar-refractivity contribution in [1.82, 2.24) is 5.32 Å². The van der Waals surface area contributed by atoms with E-state index < -0.39 is 0 Å². The molecule has 1 aromatic rings. The van der Waals surface area contributed by atoms with Crippen LogP contribution in [-0.4, -0.2) is 37.2 Å². The van der Waals surface area contributed by atoms with Gasteiger partial charge in [-0.25, -0.2) is 0 Å². The molecular weight excluding hydrogens is 274 g/mol. The Morgan fingerprint density at radius 2 is 1.90 bits per heavy atom. The first-order valence-corrected chi connectivity index (χ1v) is 6.54. The van der Waals surface area contributed by atoms with Crippen molar-refractivity contribution in [2.75, 3.05) is 14.2 Å². The van der Waals surface area contributed by atoms with E-state index in [2.05, 4.69) is 10.5 Å². The molecule has 1 amide bonds. The number of carbonyl (C=O) groups is 1. The first-order valence-electron chi connectivity index (χ1n) is 6.54. The minimum atomic E-state index is -0.273. The van der Waals surface area contributed by atoms with Crippen LogP contribution < -0.4 is 20.5 Å². The Morgan fingerprint density at radius 3 is 2.33 bits per heavy atom. The summed E-state index contributed by atoms with van der Waals surface area (Å²) in [5.41, 5.74) is 5.88. The summed E-state index contributed by atoms with van der Waals surface area (Å²) in [5, 5.41) is 14.3. The fraction of sp³-hybridized carbons (Fsp3) is 0.429. The zero-order valence-electron chi connectivity index (χ0n) is 12.4. The minimum Gasteiger partial charge on any atom is -0.497 e. The van der Waals surface area contributed by atoms with Gasteiger partial charge in [-0.05, 0) is 18.6 Å².